The van der Waals surface area contributed by atoms with E-state index in [2.05, 4.69) is 36.5 Å². The molecule has 1 aromatic heterocycles. The second-order valence-electron chi connectivity index (χ2n) is 4.00. The van der Waals surface area contributed by atoms with Crippen LogP contribution in [0.1, 0.15) is 12.6 Å². The van der Waals surface area contributed by atoms with Crippen LogP contribution in [0.15, 0.2) is 28.7 Å². The largest absolute Gasteiger partial charge is 0.354 e. The van der Waals surface area contributed by atoms with Gasteiger partial charge in [-0.05, 0) is 32.0 Å². The van der Waals surface area contributed by atoms with Crippen molar-refractivity contribution < 1.29 is 4.39 Å². The molecule has 0 aliphatic carbocycles. The molecule has 0 atom stereocenters. The molecule has 0 radical (unpaired) electrons. The lowest BCUT2D eigenvalue weighted by molar-refractivity contribution is 0.631. The minimum absolute atomic E-state index is 0.337. The predicted octanol–water partition coefficient (Wildman–Crippen LogP) is 3.86. The second kappa shape index (κ2) is 5.97. The summed E-state index contributed by atoms with van der Waals surface area (Å²) in [5.41, 5.74) is 1.19. The highest BCUT2D eigenvalue weighted by molar-refractivity contribution is 9.10. The molecule has 0 saturated carbocycles. The summed E-state index contributed by atoms with van der Waals surface area (Å²) in [6.45, 7) is 4.56. The van der Waals surface area contributed by atoms with Crippen molar-refractivity contribution in [2.75, 3.05) is 17.2 Å². The Kier molecular flexibility index (Phi) is 4.31. The average molecular weight is 325 g/mol. The molecule has 0 spiro atoms. The first-order valence-electron chi connectivity index (χ1n) is 5.90. The smallest absolute Gasteiger partial charge is 0.224 e. The molecular weight excluding hydrogens is 311 g/mol. The van der Waals surface area contributed by atoms with Crippen molar-refractivity contribution in [3.63, 3.8) is 0 Å². The monoisotopic (exact) mass is 324 g/mol. The van der Waals surface area contributed by atoms with Gasteiger partial charge >= 0.3 is 0 Å². The summed E-state index contributed by atoms with van der Waals surface area (Å²) in [5.74, 6) is 0.753. The maximum atomic E-state index is 13.7. The standard InChI is InChI=1S/C13H14BrFN4/c1-3-16-13-17-8(2)6-12(19-13)18-11-5-4-9(14)7-10(11)15/h4-7H,3H2,1-2H3,(H2,16,17,18,19). The highest BCUT2D eigenvalue weighted by Crippen LogP contribution is 2.23. The molecular formula is C13H14BrFN4. The van der Waals surface area contributed by atoms with Gasteiger partial charge in [-0.25, -0.2) is 9.37 Å². The van der Waals surface area contributed by atoms with Gasteiger partial charge in [0.1, 0.15) is 11.6 Å². The van der Waals surface area contributed by atoms with Gasteiger partial charge in [-0.3, -0.25) is 0 Å². The highest BCUT2D eigenvalue weighted by atomic mass is 79.9. The number of hydrogen-bond acceptors (Lipinski definition) is 4. The number of nitrogens with zero attached hydrogens (tertiary/aromatic N) is 2. The molecule has 0 amide bonds. The highest BCUT2D eigenvalue weighted by Gasteiger charge is 2.06. The minimum atomic E-state index is -0.337. The second-order valence-corrected chi connectivity index (χ2v) is 4.91. The van der Waals surface area contributed by atoms with Gasteiger partial charge in [0.25, 0.3) is 0 Å². The zero-order valence-corrected chi connectivity index (χ0v) is 12.3. The molecule has 1 heterocycles. The Morgan fingerprint density at radius 3 is 2.74 bits per heavy atom. The molecule has 2 N–H and O–H groups in total. The van der Waals surface area contributed by atoms with Crippen LogP contribution >= 0.6 is 15.9 Å². The van der Waals surface area contributed by atoms with E-state index < -0.39 is 0 Å². The van der Waals surface area contributed by atoms with E-state index in [9.17, 15) is 4.39 Å². The van der Waals surface area contributed by atoms with Gasteiger partial charge in [0.05, 0.1) is 5.69 Å². The number of halogens is 2. The van der Waals surface area contributed by atoms with E-state index in [1.54, 1.807) is 18.2 Å². The number of aryl methyl sites for hydroxylation is 1. The summed E-state index contributed by atoms with van der Waals surface area (Å²) in [5, 5.41) is 5.99. The molecule has 0 aliphatic heterocycles. The molecule has 4 nitrogen and oxygen atoms in total. The fraction of sp³-hybridized carbons (Fsp3) is 0.231. The Bertz CT molecular complexity index is 589. The molecule has 19 heavy (non-hydrogen) atoms. The SMILES string of the molecule is CCNc1nc(C)cc(Nc2ccc(Br)cc2F)n1. The summed E-state index contributed by atoms with van der Waals surface area (Å²) in [6.07, 6.45) is 0. The molecule has 0 saturated heterocycles. The molecule has 6 heteroatoms. The van der Waals surface area contributed by atoms with E-state index in [-0.39, 0.29) is 5.82 Å². The molecule has 0 bridgehead atoms. The maximum Gasteiger partial charge on any atom is 0.224 e. The lowest BCUT2D eigenvalue weighted by Crippen LogP contribution is -2.05. The summed E-state index contributed by atoms with van der Waals surface area (Å²) in [6, 6.07) is 6.60. The predicted molar refractivity (Wildman–Crippen MR) is 78.3 cm³/mol. The minimum Gasteiger partial charge on any atom is -0.354 e. The fourth-order valence-corrected chi connectivity index (χ4v) is 1.93. The van der Waals surface area contributed by atoms with Crippen molar-refractivity contribution >= 4 is 33.4 Å². The Morgan fingerprint density at radius 2 is 2.05 bits per heavy atom. The normalized spacial score (nSPS) is 10.3. The van der Waals surface area contributed by atoms with Crippen molar-refractivity contribution in [3.8, 4) is 0 Å². The zero-order valence-electron chi connectivity index (χ0n) is 10.7. The summed E-state index contributed by atoms with van der Waals surface area (Å²) >= 11 is 3.22. The van der Waals surface area contributed by atoms with Crippen LogP contribution in [0, 0.1) is 12.7 Å². The first-order chi connectivity index (χ1) is 9.08. The van der Waals surface area contributed by atoms with Crippen LogP contribution in [-0.4, -0.2) is 16.5 Å². The van der Waals surface area contributed by atoms with Gasteiger partial charge in [-0.1, -0.05) is 15.9 Å². The van der Waals surface area contributed by atoms with E-state index >= 15 is 0 Å². The quantitative estimate of drug-likeness (QED) is 0.896. The van der Waals surface area contributed by atoms with E-state index in [1.165, 1.54) is 6.07 Å². The van der Waals surface area contributed by atoms with Crippen molar-refractivity contribution in [3.05, 3.63) is 40.2 Å². The first-order valence-corrected chi connectivity index (χ1v) is 6.69. The summed E-state index contributed by atoms with van der Waals surface area (Å²) < 4.78 is 14.4. The third kappa shape index (κ3) is 3.64. The van der Waals surface area contributed by atoms with E-state index in [4.69, 9.17) is 0 Å². The summed E-state index contributed by atoms with van der Waals surface area (Å²) in [4.78, 5) is 8.51. The van der Waals surface area contributed by atoms with Gasteiger partial charge in [-0.15, -0.1) is 0 Å². The first kappa shape index (κ1) is 13.7. The van der Waals surface area contributed by atoms with Crippen molar-refractivity contribution in [1.82, 2.24) is 9.97 Å². The Morgan fingerprint density at radius 1 is 1.26 bits per heavy atom. The molecule has 2 aromatic rings. The van der Waals surface area contributed by atoms with Crippen molar-refractivity contribution in [2.24, 2.45) is 0 Å². The number of anilines is 3. The molecule has 2 rings (SSSR count). The zero-order chi connectivity index (χ0) is 13.8. The Hall–Kier alpha value is -1.69. The number of rotatable bonds is 4. The third-order valence-corrected chi connectivity index (χ3v) is 2.88. The lowest BCUT2D eigenvalue weighted by Gasteiger charge is -2.10. The van der Waals surface area contributed by atoms with E-state index in [0.717, 1.165) is 12.2 Å². The van der Waals surface area contributed by atoms with Crippen LogP contribution < -0.4 is 10.6 Å². The topological polar surface area (TPSA) is 49.8 Å². The molecule has 0 fully saturated rings. The van der Waals surface area contributed by atoms with Crippen LogP contribution in [0.2, 0.25) is 0 Å². The maximum absolute atomic E-state index is 13.7. The number of aromatic nitrogens is 2. The fourth-order valence-electron chi connectivity index (χ4n) is 1.60. The van der Waals surface area contributed by atoms with E-state index in [0.29, 0.717) is 21.9 Å². The van der Waals surface area contributed by atoms with Gasteiger partial charge < -0.3 is 10.6 Å². The molecule has 1 aromatic carbocycles. The van der Waals surface area contributed by atoms with Gasteiger partial charge in [0.15, 0.2) is 0 Å². The Balaban J connectivity index is 2.27. The Labute approximate surface area is 119 Å². The van der Waals surface area contributed by atoms with Crippen LogP contribution in [0.4, 0.5) is 21.8 Å². The van der Waals surface area contributed by atoms with E-state index in [1.807, 2.05) is 13.8 Å². The van der Waals surface area contributed by atoms with Crippen LogP contribution in [-0.2, 0) is 0 Å². The molecule has 0 unspecified atom stereocenters. The lowest BCUT2D eigenvalue weighted by atomic mass is 10.3. The third-order valence-electron chi connectivity index (χ3n) is 2.38. The van der Waals surface area contributed by atoms with Crippen molar-refractivity contribution in [2.45, 2.75) is 13.8 Å². The number of nitrogens with one attached hydrogen (secondary N) is 2. The number of hydrogen-bond donors (Lipinski definition) is 2. The van der Waals surface area contributed by atoms with Crippen LogP contribution in [0.5, 0.6) is 0 Å². The molecule has 100 valence electrons. The average Bonchev–Trinajstić information content (AvgIpc) is 2.32. The van der Waals surface area contributed by atoms with Crippen LogP contribution in [0.3, 0.4) is 0 Å². The van der Waals surface area contributed by atoms with Crippen LogP contribution in [0.25, 0.3) is 0 Å². The van der Waals surface area contributed by atoms with Gasteiger partial charge in [-0.2, -0.15) is 4.98 Å². The van der Waals surface area contributed by atoms with Crippen molar-refractivity contribution in [1.29, 1.82) is 0 Å². The number of benzene rings is 1. The molecule has 0 aliphatic rings. The van der Waals surface area contributed by atoms with Gasteiger partial charge in [0, 0.05) is 22.8 Å². The van der Waals surface area contributed by atoms with Gasteiger partial charge in [0.2, 0.25) is 5.95 Å². The summed E-state index contributed by atoms with van der Waals surface area (Å²) in [7, 11) is 0.